The monoisotopic (exact) mass is 386 g/mol. The molecular formula is C19H18N2O5S. The molecule has 0 atom stereocenters. The number of ether oxygens (including phenoxy) is 1. The first-order valence-corrected chi connectivity index (χ1v) is 9.28. The Labute approximate surface area is 159 Å². The van der Waals surface area contributed by atoms with Gasteiger partial charge in [-0.2, -0.15) is 0 Å². The average molecular weight is 386 g/mol. The lowest BCUT2D eigenvalue weighted by atomic mass is 10.1. The molecule has 1 aliphatic heterocycles. The number of benzene rings is 1. The number of esters is 1. The maximum Gasteiger partial charge on any atom is 0.341 e. The SMILES string of the molecule is CCOC(=O)c1ccc(N=C2Cc3c(n(CC)cc(C(=O)O)c3=O)S2)cc1. The molecule has 0 radical (unpaired) electrons. The van der Waals surface area contributed by atoms with Gasteiger partial charge in [0.25, 0.3) is 0 Å². The molecular weight excluding hydrogens is 368 g/mol. The standard InChI is InChI=1S/C19H18N2O5S/c1-3-21-10-14(18(23)24)16(22)13-9-15(27-17(13)21)20-12-7-5-11(6-8-12)19(25)26-4-2/h5-8,10H,3-4,9H2,1-2H3,(H,23,24). The van der Waals surface area contributed by atoms with Crippen LogP contribution in [0.25, 0.3) is 0 Å². The van der Waals surface area contributed by atoms with Gasteiger partial charge in [-0.15, -0.1) is 0 Å². The number of carbonyl (C=O) groups is 2. The van der Waals surface area contributed by atoms with Crippen molar-refractivity contribution >= 4 is 34.4 Å². The summed E-state index contributed by atoms with van der Waals surface area (Å²) in [6.45, 7) is 4.50. The number of nitrogens with zero attached hydrogens (tertiary/aromatic N) is 2. The zero-order valence-electron chi connectivity index (χ0n) is 14.9. The molecule has 0 spiro atoms. The van der Waals surface area contributed by atoms with Gasteiger partial charge in [-0.1, -0.05) is 11.8 Å². The number of hydrogen-bond donors (Lipinski definition) is 1. The van der Waals surface area contributed by atoms with Crippen LogP contribution < -0.4 is 5.43 Å². The van der Waals surface area contributed by atoms with E-state index in [4.69, 9.17) is 4.74 Å². The summed E-state index contributed by atoms with van der Waals surface area (Å²) in [7, 11) is 0. The number of aryl methyl sites for hydroxylation is 1. The van der Waals surface area contributed by atoms with Crippen LogP contribution in [0.2, 0.25) is 0 Å². The van der Waals surface area contributed by atoms with Crippen LogP contribution in [-0.4, -0.2) is 33.3 Å². The number of aliphatic imine (C=N–C) groups is 1. The van der Waals surface area contributed by atoms with Gasteiger partial charge in [0, 0.05) is 24.7 Å². The molecule has 1 aromatic heterocycles. The third kappa shape index (κ3) is 3.80. The number of rotatable bonds is 5. The van der Waals surface area contributed by atoms with Crippen molar-refractivity contribution in [3.63, 3.8) is 0 Å². The van der Waals surface area contributed by atoms with Crippen LogP contribution in [0.15, 0.2) is 45.3 Å². The minimum Gasteiger partial charge on any atom is -0.477 e. The van der Waals surface area contributed by atoms with Crippen molar-refractivity contribution in [1.82, 2.24) is 4.57 Å². The number of thioether (sulfide) groups is 1. The van der Waals surface area contributed by atoms with Crippen molar-refractivity contribution in [2.24, 2.45) is 4.99 Å². The molecule has 1 aromatic carbocycles. The molecule has 0 saturated carbocycles. The Bertz CT molecular complexity index is 992. The van der Waals surface area contributed by atoms with Crippen LogP contribution in [0.3, 0.4) is 0 Å². The minimum absolute atomic E-state index is 0.226. The first-order chi connectivity index (χ1) is 12.9. The number of fused-ring (bicyclic) bond motifs is 1. The van der Waals surface area contributed by atoms with E-state index >= 15 is 0 Å². The Kier molecular flexibility index (Phi) is 5.46. The van der Waals surface area contributed by atoms with Crippen LogP contribution >= 0.6 is 11.8 Å². The van der Waals surface area contributed by atoms with Gasteiger partial charge in [0.15, 0.2) is 0 Å². The minimum atomic E-state index is -1.23. The summed E-state index contributed by atoms with van der Waals surface area (Å²) >= 11 is 1.36. The lowest BCUT2D eigenvalue weighted by Crippen LogP contribution is -2.22. The van der Waals surface area contributed by atoms with E-state index in [2.05, 4.69) is 4.99 Å². The molecule has 1 aliphatic rings. The van der Waals surface area contributed by atoms with E-state index in [9.17, 15) is 19.5 Å². The molecule has 8 heteroatoms. The fourth-order valence-electron chi connectivity index (χ4n) is 2.76. The van der Waals surface area contributed by atoms with Crippen LogP contribution in [-0.2, 0) is 17.7 Å². The number of aromatic carboxylic acids is 1. The van der Waals surface area contributed by atoms with E-state index < -0.39 is 11.4 Å². The molecule has 0 fully saturated rings. The van der Waals surface area contributed by atoms with E-state index in [-0.39, 0.29) is 11.5 Å². The lowest BCUT2D eigenvalue weighted by molar-refractivity contribution is 0.0526. The van der Waals surface area contributed by atoms with Crippen molar-refractivity contribution in [2.75, 3.05) is 6.61 Å². The molecule has 3 rings (SSSR count). The highest BCUT2D eigenvalue weighted by Crippen LogP contribution is 2.33. The van der Waals surface area contributed by atoms with E-state index in [1.807, 2.05) is 6.92 Å². The molecule has 7 nitrogen and oxygen atoms in total. The van der Waals surface area contributed by atoms with Gasteiger partial charge in [-0.3, -0.25) is 4.79 Å². The highest BCUT2D eigenvalue weighted by Gasteiger charge is 2.27. The summed E-state index contributed by atoms with van der Waals surface area (Å²) in [4.78, 5) is 40.0. The lowest BCUT2D eigenvalue weighted by Gasteiger charge is -2.09. The van der Waals surface area contributed by atoms with E-state index in [0.717, 1.165) is 5.03 Å². The van der Waals surface area contributed by atoms with Gasteiger partial charge in [0.2, 0.25) is 5.43 Å². The topological polar surface area (TPSA) is 98.0 Å². The fraction of sp³-hybridized carbons (Fsp3) is 0.263. The summed E-state index contributed by atoms with van der Waals surface area (Å²) in [5, 5.41) is 10.7. The first kappa shape index (κ1) is 18.9. The van der Waals surface area contributed by atoms with Gasteiger partial charge < -0.3 is 14.4 Å². The Balaban J connectivity index is 1.90. The second-order valence-electron chi connectivity index (χ2n) is 5.80. The van der Waals surface area contributed by atoms with Crippen LogP contribution in [0.5, 0.6) is 0 Å². The fourth-order valence-corrected chi connectivity index (χ4v) is 3.94. The van der Waals surface area contributed by atoms with E-state index in [0.29, 0.717) is 41.4 Å². The Hall–Kier alpha value is -2.87. The zero-order valence-corrected chi connectivity index (χ0v) is 15.7. The molecule has 27 heavy (non-hydrogen) atoms. The summed E-state index contributed by atoms with van der Waals surface area (Å²) in [6, 6.07) is 6.69. The number of carboxylic acids is 1. The van der Waals surface area contributed by atoms with E-state index in [1.54, 1.807) is 35.8 Å². The molecule has 2 aromatic rings. The molecule has 0 aliphatic carbocycles. The smallest absolute Gasteiger partial charge is 0.341 e. The number of hydrogen-bond acceptors (Lipinski definition) is 6. The molecule has 140 valence electrons. The van der Waals surface area contributed by atoms with Gasteiger partial charge in [0.05, 0.1) is 27.9 Å². The summed E-state index contributed by atoms with van der Waals surface area (Å²) in [6.07, 6.45) is 1.67. The normalized spacial score (nSPS) is 14.2. The third-order valence-electron chi connectivity index (χ3n) is 4.07. The first-order valence-electron chi connectivity index (χ1n) is 8.46. The van der Waals surface area contributed by atoms with Crippen LogP contribution in [0.1, 0.15) is 40.1 Å². The molecule has 1 N–H and O–H groups in total. The predicted octanol–water partition coefficient (Wildman–Crippen LogP) is 3.12. The van der Waals surface area contributed by atoms with Crippen molar-refractivity contribution < 1.29 is 19.4 Å². The van der Waals surface area contributed by atoms with Gasteiger partial charge in [-0.25, -0.2) is 14.6 Å². The molecule has 0 bridgehead atoms. The summed E-state index contributed by atoms with van der Waals surface area (Å²) < 4.78 is 6.71. The molecule has 2 heterocycles. The predicted molar refractivity (Wildman–Crippen MR) is 102 cm³/mol. The Morgan fingerprint density at radius 2 is 1.96 bits per heavy atom. The van der Waals surface area contributed by atoms with Gasteiger partial charge >= 0.3 is 11.9 Å². The quantitative estimate of drug-likeness (QED) is 0.793. The van der Waals surface area contributed by atoms with Crippen LogP contribution in [0.4, 0.5) is 5.69 Å². The summed E-state index contributed by atoms with van der Waals surface area (Å²) in [5.74, 6) is -1.62. The highest BCUT2D eigenvalue weighted by atomic mass is 32.2. The van der Waals surface area contributed by atoms with Gasteiger partial charge in [-0.05, 0) is 38.1 Å². The van der Waals surface area contributed by atoms with Crippen LogP contribution in [0, 0.1) is 0 Å². The molecule has 0 amide bonds. The van der Waals surface area contributed by atoms with Crippen molar-refractivity contribution in [3.8, 4) is 0 Å². The third-order valence-corrected chi connectivity index (χ3v) is 5.21. The zero-order chi connectivity index (χ0) is 19.6. The average Bonchev–Trinajstić information content (AvgIpc) is 3.07. The van der Waals surface area contributed by atoms with Crippen molar-refractivity contribution in [3.05, 3.63) is 57.4 Å². The second kappa shape index (κ2) is 7.79. The van der Waals surface area contributed by atoms with Gasteiger partial charge in [0.1, 0.15) is 5.56 Å². The van der Waals surface area contributed by atoms with Crippen molar-refractivity contribution in [1.29, 1.82) is 0 Å². The Morgan fingerprint density at radius 1 is 1.26 bits per heavy atom. The summed E-state index contributed by atoms with van der Waals surface area (Å²) in [5.41, 5.74) is 0.865. The number of carboxylic acid groups (broad SMARTS) is 1. The second-order valence-corrected chi connectivity index (χ2v) is 6.86. The van der Waals surface area contributed by atoms with Crippen molar-refractivity contribution in [2.45, 2.75) is 31.8 Å². The largest absolute Gasteiger partial charge is 0.477 e. The number of aromatic nitrogens is 1. The Morgan fingerprint density at radius 3 is 2.56 bits per heavy atom. The van der Waals surface area contributed by atoms with E-state index in [1.165, 1.54) is 18.0 Å². The molecule has 0 saturated heterocycles. The maximum atomic E-state index is 12.4. The maximum absolute atomic E-state index is 12.4. The number of carbonyl (C=O) groups excluding carboxylic acids is 1. The molecule has 0 unspecified atom stereocenters. The highest BCUT2D eigenvalue weighted by molar-refractivity contribution is 8.14. The number of pyridine rings is 1.